The summed E-state index contributed by atoms with van der Waals surface area (Å²) >= 11 is 0. The van der Waals surface area contributed by atoms with Crippen LogP contribution in [-0.2, 0) is 4.79 Å². The van der Waals surface area contributed by atoms with Crippen molar-refractivity contribution in [2.45, 2.75) is 25.7 Å². The number of hydrogen-bond acceptors (Lipinski definition) is 4. The summed E-state index contributed by atoms with van der Waals surface area (Å²) in [5.74, 6) is 0.944. The van der Waals surface area contributed by atoms with E-state index >= 15 is 0 Å². The van der Waals surface area contributed by atoms with Gasteiger partial charge in [0.15, 0.2) is 0 Å². The van der Waals surface area contributed by atoms with Crippen LogP contribution in [0.15, 0.2) is 30.6 Å². The fourth-order valence-electron chi connectivity index (χ4n) is 3.00. The Hall–Kier alpha value is -2.70. The molecule has 7 heteroatoms. The molecule has 7 nitrogen and oxygen atoms in total. The number of rotatable bonds is 4. The highest BCUT2D eigenvalue weighted by Gasteiger charge is 2.25. The zero-order valence-electron chi connectivity index (χ0n) is 13.7. The first-order valence-electron chi connectivity index (χ1n) is 8.12. The number of likely N-dealkylation sites (tertiary alicyclic amines) is 1. The van der Waals surface area contributed by atoms with Crippen LogP contribution in [0.2, 0.25) is 0 Å². The minimum absolute atomic E-state index is 0.0279. The topological polar surface area (TPSA) is 91.0 Å². The Morgan fingerprint density at radius 1 is 1.29 bits per heavy atom. The molecule has 1 aliphatic heterocycles. The lowest BCUT2D eigenvalue weighted by atomic mass is 9.96. The minimum Gasteiger partial charge on any atom is -0.343 e. The first-order chi connectivity index (χ1) is 11.6. The molecule has 0 spiro atoms. The summed E-state index contributed by atoms with van der Waals surface area (Å²) in [6.45, 7) is 3.25. The van der Waals surface area contributed by atoms with Crippen molar-refractivity contribution in [2.75, 3.05) is 19.6 Å². The normalized spacial score (nSPS) is 15.3. The van der Waals surface area contributed by atoms with Crippen LogP contribution in [0.3, 0.4) is 0 Å². The highest BCUT2D eigenvalue weighted by atomic mass is 16.2. The maximum absolute atomic E-state index is 12.3. The maximum atomic E-state index is 12.3. The number of carbonyl (C=O) groups excluding carboxylic acids is 2. The number of aromatic amines is 1. The molecule has 0 radical (unpaired) electrons. The van der Waals surface area contributed by atoms with Gasteiger partial charge in [0, 0.05) is 24.6 Å². The Kier molecular flexibility index (Phi) is 4.88. The van der Waals surface area contributed by atoms with Gasteiger partial charge in [-0.25, -0.2) is 4.98 Å². The van der Waals surface area contributed by atoms with E-state index in [-0.39, 0.29) is 18.4 Å². The second-order valence-corrected chi connectivity index (χ2v) is 6.02. The van der Waals surface area contributed by atoms with Crippen LogP contribution in [0.4, 0.5) is 0 Å². The molecule has 1 saturated heterocycles. The summed E-state index contributed by atoms with van der Waals surface area (Å²) in [5.41, 5.74) is 1.50. The van der Waals surface area contributed by atoms with Gasteiger partial charge in [0.05, 0.1) is 6.54 Å². The molecule has 0 atom stereocenters. The number of amides is 2. The fourth-order valence-corrected chi connectivity index (χ4v) is 3.00. The third-order valence-electron chi connectivity index (χ3n) is 4.46. The van der Waals surface area contributed by atoms with Crippen molar-refractivity contribution in [3.63, 3.8) is 0 Å². The van der Waals surface area contributed by atoms with Gasteiger partial charge in [-0.2, -0.15) is 5.10 Å². The second-order valence-electron chi connectivity index (χ2n) is 6.02. The number of benzene rings is 1. The summed E-state index contributed by atoms with van der Waals surface area (Å²) in [7, 11) is 0. The fraction of sp³-hybridized carbons (Fsp3) is 0.412. The average Bonchev–Trinajstić information content (AvgIpc) is 3.14. The van der Waals surface area contributed by atoms with E-state index in [1.807, 2.05) is 25.1 Å². The quantitative estimate of drug-likeness (QED) is 0.884. The van der Waals surface area contributed by atoms with E-state index in [2.05, 4.69) is 20.5 Å². The number of H-pyrrole nitrogens is 1. The highest BCUT2D eigenvalue weighted by Crippen LogP contribution is 2.24. The Labute approximate surface area is 140 Å². The van der Waals surface area contributed by atoms with E-state index in [1.54, 1.807) is 11.0 Å². The van der Waals surface area contributed by atoms with E-state index in [1.165, 1.54) is 6.33 Å². The lowest BCUT2D eigenvalue weighted by molar-refractivity contribution is -0.131. The van der Waals surface area contributed by atoms with Crippen LogP contribution in [0.1, 0.15) is 40.5 Å². The molecule has 1 aromatic heterocycles. The molecule has 1 fully saturated rings. The van der Waals surface area contributed by atoms with Gasteiger partial charge in [-0.15, -0.1) is 0 Å². The average molecular weight is 327 g/mol. The first-order valence-corrected chi connectivity index (χ1v) is 8.12. The van der Waals surface area contributed by atoms with Gasteiger partial charge in [-0.05, 0) is 31.4 Å². The molecule has 0 unspecified atom stereocenters. The number of aromatic nitrogens is 3. The molecule has 2 heterocycles. The van der Waals surface area contributed by atoms with E-state index in [0.29, 0.717) is 24.6 Å². The third-order valence-corrected chi connectivity index (χ3v) is 4.46. The van der Waals surface area contributed by atoms with Gasteiger partial charge >= 0.3 is 0 Å². The number of nitrogens with zero attached hydrogens (tertiary/aromatic N) is 3. The smallest absolute Gasteiger partial charge is 0.251 e. The van der Waals surface area contributed by atoms with Crippen molar-refractivity contribution >= 4 is 11.8 Å². The van der Waals surface area contributed by atoms with Crippen LogP contribution >= 0.6 is 0 Å². The first kappa shape index (κ1) is 16.2. The molecule has 2 aromatic rings. The van der Waals surface area contributed by atoms with Crippen LogP contribution < -0.4 is 5.32 Å². The number of aryl methyl sites for hydroxylation is 1. The number of piperidine rings is 1. The van der Waals surface area contributed by atoms with Gasteiger partial charge in [0.2, 0.25) is 5.91 Å². The summed E-state index contributed by atoms with van der Waals surface area (Å²) in [4.78, 5) is 30.4. The highest BCUT2D eigenvalue weighted by molar-refractivity contribution is 5.97. The number of hydrogen-bond donors (Lipinski definition) is 2. The molecule has 1 aliphatic rings. The molecule has 1 aromatic carbocycles. The summed E-state index contributed by atoms with van der Waals surface area (Å²) in [6.07, 6.45) is 3.22. The zero-order valence-corrected chi connectivity index (χ0v) is 13.7. The van der Waals surface area contributed by atoms with Crippen LogP contribution in [0, 0.1) is 6.92 Å². The van der Waals surface area contributed by atoms with Crippen molar-refractivity contribution in [2.24, 2.45) is 0 Å². The molecule has 0 saturated carbocycles. The van der Waals surface area contributed by atoms with E-state index in [0.717, 1.165) is 24.2 Å². The standard InChI is InChI=1S/C17H21N5O2/c1-12-4-2-3-5-14(12)17(24)18-10-15(23)22-8-6-13(7-9-22)16-19-11-20-21-16/h2-5,11,13H,6-10H2,1H3,(H,18,24)(H,19,20,21). The van der Waals surface area contributed by atoms with Crippen molar-refractivity contribution in [1.82, 2.24) is 25.4 Å². The Bertz CT molecular complexity index is 706. The van der Waals surface area contributed by atoms with E-state index in [4.69, 9.17) is 0 Å². The molecule has 3 rings (SSSR count). The molecular weight excluding hydrogens is 306 g/mol. The molecular formula is C17H21N5O2. The van der Waals surface area contributed by atoms with Gasteiger partial charge in [0.25, 0.3) is 5.91 Å². The number of nitrogens with one attached hydrogen (secondary N) is 2. The Balaban J connectivity index is 1.48. The van der Waals surface area contributed by atoms with Crippen LogP contribution in [0.25, 0.3) is 0 Å². The van der Waals surface area contributed by atoms with E-state index in [9.17, 15) is 9.59 Å². The third kappa shape index (κ3) is 3.61. The maximum Gasteiger partial charge on any atom is 0.251 e. The SMILES string of the molecule is Cc1ccccc1C(=O)NCC(=O)N1CCC(c2ncn[nH]2)CC1. The predicted molar refractivity (Wildman–Crippen MR) is 88.4 cm³/mol. The van der Waals surface area contributed by atoms with E-state index < -0.39 is 0 Å². The summed E-state index contributed by atoms with van der Waals surface area (Å²) < 4.78 is 0. The van der Waals surface area contributed by atoms with Crippen LogP contribution in [0.5, 0.6) is 0 Å². The van der Waals surface area contributed by atoms with Gasteiger partial charge in [-0.1, -0.05) is 18.2 Å². The molecule has 126 valence electrons. The molecule has 0 aliphatic carbocycles. The Morgan fingerprint density at radius 2 is 2.04 bits per heavy atom. The van der Waals surface area contributed by atoms with Crippen molar-refractivity contribution < 1.29 is 9.59 Å². The van der Waals surface area contributed by atoms with Crippen molar-refractivity contribution in [1.29, 1.82) is 0 Å². The Morgan fingerprint density at radius 3 is 2.71 bits per heavy atom. The summed E-state index contributed by atoms with van der Waals surface area (Å²) in [5, 5.41) is 9.48. The van der Waals surface area contributed by atoms with Gasteiger partial charge in [-0.3, -0.25) is 14.7 Å². The second kappa shape index (κ2) is 7.25. The monoisotopic (exact) mass is 327 g/mol. The van der Waals surface area contributed by atoms with Gasteiger partial charge < -0.3 is 10.2 Å². The minimum atomic E-state index is -0.210. The van der Waals surface area contributed by atoms with Crippen molar-refractivity contribution in [3.8, 4) is 0 Å². The number of carbonyl (C=O) groups is 2. The zero-order chi connectivity index (χ0) is 16.9. The predicted octanol–water partition coefficient (Wildman–Crippen LogP) is 1.25. The largest absolute Gasteiger partial charge is 0.343 e. The molecule has 0 bridgehead atoms. The van der Waals surface area contributed by atoms with Crippen LogP contribution in [-0.4, -0.2) is 51.5 Å². The van der Waals surface area contributed by atoms with Gasteiger partial charge in [0.1, 0.15) is 12.2 Å². The lowest BCUT2D eigenvalue weighted by Crippen LogP contribution is -2.44. The van der Waals surface area contributed by atoms with Crippen molar-refractivity contribution in [3.05, 3.63) is 47.5 Å². The summed E-state index contributed by atoms with van der Waals surface area (Å²) in [6, 6.07) is 7.34. The molecule has 2 amide bonds. The molecule has 24 heavy (non-hydrogen) atoms. The molecule has 2 N–H and O–H groups in total. The lowest BCUT2D eigenvalue weighted by Gasteiger charge is -2.31.